The summed E-state index contributed by atoms with van der Waals surface area (Å²) in [6.07, 6.45) is -2.82. The van der Waals surface area contributed by atoms with Crippen LogP contribution in [-0.4, -0.2) is 43.7 Å². The van der Waals surface area contributed by atoms with Crippen LogP contribution in [0, 0.1) is 23.5 Å². The Balaban J connectivity index is 1.98. The molecule has 0 radical (unpaired) electrons. The molecule has 4 aromatic rings. The molecule has 0 spiro atoms. The molecular formula is C23H19F4N5O. The Hall–Kier alpha value is -3.71. The third-order valence-corrected chi connectivity index (χ3v) is 4.78. The maximum absolute atomic E-state index is 14.4. The zero-order valence-electron chi connectivity index (χ0n) is 17.9. The zero-order valence-corrected chi connectivity index (χ0v) is 17.9. The molecule has 0 aliphatic heterocycles. The Bertz CT molecular complexity index is 1420. The minimum absolute atomic E-state index is 0.0233. The lowest BCUT2D eigenvalue weighted by Crippen LogP contribution is -2.25. The molecule has 0 unspecified atom stereocenters. The zero-order chi connectivity index (χ0) is 23.9. The van der Waals surface area contributed by atoms with E-state index in [0.717, 1.165) is 17.0 Å². The van der Waals surface area contributed by atoms with E-state index in [-0.39, 0.29) is 28.1 Å². The SMILES string of the molecule is Cn1nnc2nc(N(CC(F)F)c3cc(F)cc(C#CC(C)(C)O)c3)c3cc(F)ccc3c21. The highest BCUT2D eigenvalue weighted by atomic mass is 19.3. The fourth-order valence-electron chi connectivity index (χ4n) is 3.47. The Labute approximate surface area is 186 Å². The van der Waals surface area contributed by atoms with Crippen molar-refractivity contribution in [1.29, 1.82) is 0 Å². The normalized spacial score (nSPS) is 11.8. The largest absolute Gasteiger partial charge is 0.378 e. The third-order valence-electron chi connectivity index (χ3n) is 4.78. The monoisotopic (exact) mass is 457 g/mol. The molecule has 0 saturated carbocycles. The van der Waals surface area contributed by atoms with Crippen LogP contribution in [0.25, 0.3) is 21.9 Å². The van der Waals surface area contributed by atoms with Gasteiger partial charge in [0.05, 0.1) is 6.54 Å². The first-order chi connectivity index (χ1) is 15.5. The molecule has 0 fully saturated rings. The van der Waals surface area contributed by atoms with E-state index in [1.807, 2.05) is 0 Å². The van der Waals surface area contributed by atoms with Gasteiger partial charge in [-0.05, 0) is 50.2 Å². The van der Waals surface area contributed by atoms with Gasteiger partial charge in [-0.2, -0.15) is 0 Å². The summed E-state index contributed by atoms with van der Waals surface area (Å²) in [7, 11) is 1.64. The summed E-state index contributed by atoms with van der Waals surface area (Å²) in [6.45, 7) is 2.08. The number of halogens is 4. The van der Waals surface area contributed by atoms with E-state index in [9.17, 15) is 22.7 Å². The molecule has 170 valence electrons. The minimum atomic E-state index is -2.82. The van der Waals surface area contributed by atoms with Crippen LogP contribution in [0.5, 0.6) is 0 Å². The number of aliphatic hydroxyl groups is 1. The van der Waals surface area contributed by atoms with Crippen molar-refractivity contribution in [3.63, 3.8) is 0 Å². The second-order valence-electron chi connectivity index (χ2n) is 8.02. The van der Waals surface area contributed by atoms with Crippen molar-refractivity contribution in [3.8, 4) is 11.8 Å². The highest BCUT2D eigenvalue weighted by molar-refractivity contribution is 6.08. The predicted molar refractivity (Wildman–Crippen MR) is 116 cm³/mol. The summed E-state index contributed by atoms with van der Waals surface area (Å²) in [5.41, 5.74) is -0.452. The predicted octanol–water partition coefficient (Wildman–Crippen LogP) is 4.32. The molecule has 2 aromatic carbocycles. The molecule has 1 N–H and O–H groups in total. The van der Waals surface area contributed by atoms with Crippen LogP contribution in [0.4, 0.5) is 29.1 Å². The summed E-state index contributed by atoms with van der Waals surface area (Å²) in [5, 5.41) is 18.5. The van der Waals surface area contributed by atoms with E-state index in [0.29, 0.717) is 10.9 Å². The molecule has 2 aromatic heterocycles. The summed E-state index contributed by atoms with van der Waals surface area (Å²) < 4.78 is 57.3. The third kappa shape index (κ3) is 4.73. The fraction of sp³-hybridized carbons (Fsp3) is 0.261. The van der Waals surface area contributed by atoms with Gasteiger partial charge >= 0.3 is 0 Å². The highest BCUT2D eigenvalue weighted by Crippen LogP contribution is 2.35. The number of nitrogens with zero attached hydrogens (tertiary/aromatic N) is 5. The second-order valence-corrected chi connectivity index (χ2v) is 8.02. The second kappa shape index (κ2) is 8.33. The summed E-state index contributed by atoms with van der Waals surface area (Å²) in [5.74, 6) is 3.87. The highest BCUT2D eigenvalue weighted by Gasteiger charge is 2.23. The lowest BCUT2D eigenvalue weighted by molar-refractivity contribution is 0.143. The minimum Gasteiger partial charge on any atom is -0.378 e. The van der Waals surface area contributed by atoms with Crippen LogP contribution in [0.3, 0.4) is 0 Å². The standard InChI is InChI=1S/C23H19F4N5O/c1-23(2,33)7-6-13-8-15(25)10-16(9-13)32(12-19(26)27)22-18-11-14(24)4-5-17(18)20-21(28-22)29-30-31(20)3/h4-5,8-11,19,33H,12H2,1-3H3. The maximum Gasteiger partial charge on any atom is 0.256 e. The number of alkyl halides is 2. The van der Waals surface area contributed by atoms with Gasteiger partial charge in [0.25, 0.3) is 6.43 Å². The van der Waals surface area contributed by atoms with Gasteiger partial charge in [-0.1, -0.05) is 17.1 Å². The first kappa shape index (κ1) is 22.5. The Morgan fingerprint density at radius 2 is 1.85 bits per heavy atom. The molecule has 2 heterocycles. The van der Waals surface area contributed by atoms with Crippen molar-refractivity contribution in [3.05, 3.63) is 53.6 Å². The summed E-state index contributed by atoms with van der Waals surface area (Å²) in [4.78, 5) is 5.47. The van der Waals surface area contributed by atoms with Gasteiger partial charge in [0, 0.05) is 29.1 Å². The van der Waals surface area contributed by atoms with Crippen molar-refractivity contribution in [1.82, 2.24) is 20.0 Å². The first-order valence-electron chi connectivity index (χ1n) is 9.92. The maximum atomic E-state index is 14.4. The molecular weight excluding hydrogens is 438 g/mol. The molecule has 4 rings (SSSR count). The van der Waals surface area contributed by atoms with E-state index >= 15 is 0 Å². The number of benzene rings is 2. The quantitative estimate of drug-likeness (QED) is 0.365. The molecule has 0 saturated heterocycles. The van der Waals surface area contributed by atoms with E-state index in [4.69, 9.17) is 0 Å². The van der Waals surface area contributed by atoms with Crippen LogP contribution in [0.2, 0.25) is 0 Å². The van der Waals surface area contributed by atoms with Gasteiger partial charge in [-0.3, -0.25) is 0 Å². The number of aryl methyl sites for hydroxylation is 1. The molecule has 6 nitrogen and oxygen atoms in total. The van der Waals surface area contributed by atoms with Crippen LogP contribution in [-0.2, 0) is 7.05 Å². The Morgan fingerprint density at radius 3 is 2.55 bits per heavy atom. The van der Waals surface area contributed by atoms with Gasteiger partial charge < -0.3 is 10.0 Å². The van der Waals surface area contributed by atoms with Gasteiger partial charge in [-0.25, -0.2) is 27.2 Å². The van der Waals surface area contributed by atoms with Gasteiger partial charge in [0.1, 0.15) is 28.6 Å². The molecule has 10 heteroatoms. The van der Waals surface area contributed by atoms with Crippen LogP contribution in [0.15, 0.2) is 36.4 Å². The number of aromatic nitrogens is 4. The van der Waals surface area contributed by atoms with Gasteiger partial charge in [0.2, 0.25) is 5.65 Å². The van der Waals surface area contributed by atoms with E-state index < -0.39 is 30.2 Å². The number of hydrogen-bond donors (Lipinski definition) is 1. The van der Waals surface area contributed by atoms with E-state index in [2.05, 4.69) is 27.1 Å². The van der Waals surface area contributed by atoms with Gasteiger partial charge in [0.15, 0.2) is 0 Å². The smallest absolute Gasteiger partial charge is 0.256 e. The van der Waals surface area contributed by atoms with E-state index in [1.54, 1.807) is 7.05 Å². The number of rotatable bonds is 4. The number of fused-ring (bicyclic) bond motifs is 3. The summed E-state index contributed by atoms with van der Waals surface area (Å²) in [6, 6.07) is 7.50. The summed E-state index contributed by atoms with van der Waals surface area (Å²) >= 11 is 0. The lowest BCUT2D eigenvalue weighted by atomic mass is 10.1. The van der Waals surface area contributed by atoms with Crippen molar-refractivity contribution < 1.29 is 22.7 Å². The topological polar surface area (TPSA) is 67.1 Å². The first-order valence-corrected chi connectivity index (χ1v) is 9.92. The Morgan fingerprint density at radius 1 is 1.09 bits per heavy atom. The molecule has 0 aliphatic carbocycles. The number of pyridine rings is 1. The van der Waals surface area contributed by atoms with Crippen LogP contribution >= 0.6 is 0 Å². The average molecular weight is 457 g/mol. The fourth-order valence-corrected chi connectivity index (χ4v) is 3.47. The van der Waals surface area contributed by atoms with Crippen molar-refractivity contribution in [2.75, 3.05) is 11.4 Å². The molecule has 0 atom stereocenters. The van der Waals surface area contributed by atoms with Crippen molar-refractivity contribution in [2.45, 2.75) is 25.9 Å². The van der Waals surface area contributed by atoms with Gasteiger partial charge in [-0.15, -0.1) is 5.10 Å². The average Bonchev–Trinajstić information content (AvgIpc) is 3.09. The van der Waals surface area contributed by atoms with E-state index in [1.165, 1.54) is 42.8 Å². The Kier molecular flexibility index (Phi) is 5.68. The molecule has 0 aliphatic rings. The molecule has 0 bridgehead atoms. The van der Waals surface area contributed by atoms with Crippen molar-refractivity contribution >= 4 is 33.4 Å². The molecule has 33 heavy (non-hydrogen) atoms. The molecule has 0 amide bonds. The number of hydrogen-bond acceptors (Lipinski definition) is 5. The van der Waals surface area contributed by atoms with Crippen LogP contribution < -0.4 is 4.90 Å². The van der Waals surface area contributed by atoms with Crippen molar-refractivity contribution in [2.24, 2.45) is 7.05 Å². The lowest BCUT2D eigenvalue weighted by Gasteiger charge is -2.25. The van der Waals surface area contributed by atoms with Crippen LogP contribution in [0.1, 0.15) is 19.4 Å². The number of anilines is 2.